The van der Waals surface area contributed by atoms with E-state index in [0.29, 0.717) is 0 Å². The van der Waals surface area contributed by atoms with Crippen LogP contribution in [-0.2, 0) is 5.41 Å². The minimum absolute atomic E-state index is 0.488. The number of para-hydroxylation sites is 2. The molecule has 0 spiro atoms. The van der Waals surface area contributed by atoms with E-state index in [1.54, 1.807) is 0 Å². The molecule has 13 aromatic carbocycles. The van der Waals surface area contributed by atoms with Crippen LogP contribution in [0, 0.1) is 0 Å². The first-order chi connectivity index (χ1) is 38.2. The van der Waals surface area contributed by atoms with E-state index in [0.717, 1.165) is 11.4 Å². The van der Waals surface area contributed by atoms with Gasteiger partial charge in [0.25, 0.3) is 0 Å². The minimum Gasteiger partial charge on any atom is -0.309 e. The molecule has 2 heteroatoms. The van der Waals surface area contributed by atoms with Gasteiger partial charge in [0.05, 0.1) is 27.5 Å². The standard InChI is InChI=1S/C75H48N2/c1-4-20-49(21-5-1)73-62-29-10-12-31-64(62)74(65-32-13-11-30-63(65)73)50-36-40-55(41-37-50)76-69-34-18-15-27-59(69)61-43-38-52(47-72(61)76)51-39-45-71-66(46-51)60-28-16-19-35-70(60)77(71)56-42-44-58-57-26-14-17-33-67(57)75(68(58)48-56,53-22-6-2-7-23-53)54-24-8-3-9-25-54/h1-48H. The summed E-state index contributed by atoms with van der Waals surface area (Å²) in [5, 5.41) is 9.97. The molecule has 358 valence electrons. The maximum atomic E-state index is 2.48. The maximum Gasteiger partial charge on any atom is 0.0714 e. The molecule has 2 heterocycles. The molecule has 0 amide bonds. The molecule has 2 nitrogen and oxygen atoms in total. The zero-order valence-electron chi connectivity index (χ0n) is 42.1. The van der Waals surface area contributed by atoms with Crippen molar-refractivity contribution in [1.29, 1.82) is 0 Å². The van der Waals surface area contributed by atoms with Gasteiger partial charge in [0, 0.05) is 32.9 Å². The summed E-state index contributed by atoms with van der Waals surface area (Å²) in [6.45, 7) is 0. The second-order valence-electron chi connectivity index (χ2n) is 20.7. The lowest BCUT2D eigenvalue weighted by Crippen LogP contribution is -2.28. The number of aromatic nitrogens is 2. The van der Waals surface area contributed by atoms with E-state index in [4.69, 9.17) is 0 Å². The number of hydrogen-bond acceptors (Lipinski definition) is 0. The number of hydrogen-bond donors (Lipinski definition) is 0. The molecule has 1 aliphatic carbocycles. The van der Waals surface area contributed by atoms with Crippen molar-refractivity contribution in [1.82, 2.24) is 9.13 Å². The fourth-order valence-corrected chi connectivity index (χ4v) is 13.6. The molecule has 0 saturated carbocycles. The second kappa shape index (κ2) is 17.0. The Kier molecular flexibility index (Phi) is 9.58. The molecule has 0 atom stereocenters. The van der Waals surface area contributed by atoms with E-state index in [9.17, 15) is 0 Å². The van der Waals surface area contributed by atoms with Gasteiger partial charge >= 0.3 is 0 Å². The van der Waals surface area contributed by atoms with E-state index in [-0.39, 0.29) is 0 Å². The molecule has 15 aromatic rings. The monoisotopic (exact) mass is 976 g/mol. The van der Waals surface area contributed by atoms with Crippen molar-refractivity contribution in [3.05, 3.63) is 313 Å². The Morgan fingerprint density at radius 3 is 1.26 bits per heavy atom. The van der Waals surface area contributed by atoms with Gasteiger partial charge in [-0.3, -0.25) is 0 Å². The van der Waals surface area contributed by atoms with E-state index in [1.165, 1.54) is 132 Å². The van der Waals surface area contributed by atoms with Crippen LogP contribution in [0.3, 0.4) is 0 Å². The van der Waals surface area contributed by atoms with E-state index < -0.39 is 5.41 Å². The summed E-state index contributed by atoms with van der Waals surface area (Å²) in [6, 6.07) is 108. The molecule has 0 saturated heterocycles. The molecule has 0 bridgehead atoms. The lowest BCUT2D eigenvalue weighted by atomic mass is 9.67. The number of benzene rings is 13. The van der Waals surface area contributed by atoms with Gasteiger partial charge in [-0.25, -0.2) is 0 Å². The number of rotatable bonds is 7. The number of fused-ring (bicyclic) bond motifs is 11. The topological polar surface area (TPSA) is 9.86 Å². The summed E-state index contributed by atoms with van der Waals surface area (Å²) in [5.41, 5.74) is 21.6. The summed E-state index contributed by atoms with van der Waals surface area (Å²) in [6.07, 6.45) is 0. The molecule has 0 fully saturated rings. The highest BCUT2D eigenvalue weighted by molar-refractivity contribution is 6.21. The molecular formula is C75H48N2. The highest BCUT2D eigenvalue weighted by Gasteiger charge is 2.46. The lowest BCUT2D eigenvalue weighted by Gasteiger charge is -2.34. The zero-order chi connectivity index (χ0) is 50.6. The minimum atomic E-state index is -0.488. The maximum absolute atomic E-state index is 2.48. The van der Waals surface area contributed by atoms with Gasteiger partial charge in [0.15, 0.2) is 0 Å². The van der Waals surface area contributed by atoms with Gasteiger partial charge < -0.3 is 9.13 Å². The van der Waals surface area contributed by atoms with Gasteiger partial charge in [-0.15, -0.1) is 0 Å². The average Bonchev–Trinajstić information content (AvgIpc) is 4.29. The Hall–Kier alpha value is -10.0. The lowest BCUT2D eigenvalue weighted by molar-refractivity contribution is 0.767. The Morgan fingerprint density at radius 2 is 0.636 bits per heavy atom. The molecule has 1 aliphatic rings. The van der Waals surface area contributed by atoms with Crippen molar-refractivity contribution in [2.45, 2.75) is 5.41 Å². The van der Waals surface area contributed by atoms with Crippen molar-refractivity contribution in [2.24, 2.45) is 0 Å². The van der Waals surface area contributed by atoms with Gasteiger partial charge in [-0.05, 0) is 143 Å². The first kappa shape index (κ1) is 43.4. The second-order valence-corrected chi connectivity index (χ2v) is 20.7. The highest BCUT2D eigenvalue weighted by atomic mass is 15.0. The van der Waals surface area contributed by atoms with Gasteiger partial charge in [0.1, 0.15) is 0 Å². The molecule has 16 rings (SSSR count). The van der Waals surface area contributed by atoms with Crippen LogP contribution in [0.25, 0.3) is 121 Å². The van der Waals surface area contributed by atoms with Gasteiger partial charge in [0.2, 0.25) is 0 Å². The Labute approximate surface area is 446 Å². The predicted octanol–water partition coefficient (Wildman–Crippen LogP) is 19.6. The van der Waals surface area contributed by atoms with Crippen LogP contribution in [0.1, 0.15) is 22.3 Å². The molecule has 0 radical (unpaired) electrons. The Morgan fingerprint density at radius 1 is 0.221 bits per heavy atom. The summed E-state index contributed by atoms with van der Waals surface area (Å²) in [4.78, 5) is 0. The van der Waals surface area contributed by atoms with Gasteiger partial charge in [-0.1, -0.05) is 237 Å². The third kappa shape index (κ3) is 6.37. The zero-order valence-corrected chi connectivity index (χ0v) is 42.1. The first-order valence-corrected chi connectivity index (χ1v) is 26.7. The highest BCUT2D eigenvalue weighted by Crippen LogP contribution is 2.57. The molecule has 0 aliphatic heterocycles. The SMILES string of the molecule is c1ccc(-c2c3ccccc3c(-c3ccc(-n4c5ccccc5c5ccc(-c6ccc7c(c6)c6ccccc6n7-c6ccc7c(c6)C(c6ccccc6)(c6ccccc6)c6ccccc6-7)cc54)cc3)c3ccccc23)cc1. The van der Waals surface area contributed by atoms with Crippen LogP contribution >= 0.6 is 0 Å². The van der Waals surface area contributed by atoms with E-state index in [2.05, 4.69) is 300 Å². The van der Waals surface area contributed by atoms with Crippen LogP contribution in [-0.4, -0.2) is 9.13 Å². The normalized spacial score (nSPS) is 12.8. The van der Waals surface area contributed by atoms with Crippen LogP contribution in [0.2, 0.25) is 0 Å². The Bertz CT molecular complexity index is 4730. The van der Waals surface area contributed by atoms with E-state index in [1.807, 2.05) is 0 Å². The quantitative estimate of drug-likeness (QED) is 0.141. The van der Waals surface area contributed by atoms with Crippen molar-refractivity contribution in [3.8, 4) is 55.9 Å². The Balaban J connectivity index is 0.834. The molecule has 0 N–H and O–H groups in total. The van der Waals surface area contributed by atoms with Crippen LogP contribution in [0.4, 0.5) is 0 Å². The van der Waals surface area contributed by atoms with Crippen LogP contribution in [0.5, 0.6) is 0 Å². The summed E-state index contributed by atoms with van der Waals surface area (Å²) < 4.78 is 4.93. The smallest absolute Gasteiger partial charge is 0.0714 e. The predicted molar refractivity (Wildman–Crippen MR) is 324 cm³/mol. The largest absolute Gasteiger partial charge is 0.309 e. The molecule has 77 heavy (non-hydrogen) atoms. The summed E-state index contributed by atoms with van der Waals surface area (Å²) in [5.74, 6) is 0. The molecule has 2 aromatic heterocycles. The van der Waals surface area contributed by atoms with Gasteiger partial charge in [-0.2, -0.15) is 0 Å². The fourth-order valence-electron chi connectivity index (χ4n) is 13.6. The van der Waals surface area contributed by atoms with Crippen molar-refractivity contribution in [2.75, 3.05) is 0 Å². The van der Waals surface area contributed by atoms with Crippen molar-refractivity contribution < 1.29 is 0 Å². The third-order valence-electron chi connectivity index (χ3n) is 16.8. The number of nitrogens with zero attached hydrogens (tertiary/aromatic N) is 2. The van der Waals surface area contributed by atoms with Crippen molar-refractivity contribution in [3.63, 3.8) is 0 Å². The van der Waals surface area contributed by atoms with E-state index >= 15 is 0 Å². The van der Waals surface area contributed by atoms with Crippen LogP contribution in [0.15, 0.2) is 291 Å². The fraction of sp³-hybridized carbons (Fsp3) is 0.0133. The molecular weight excluding hydrogens is 929 g/mol. The van der Waals surface area contributed by atoms with Crippen LogP contribution < -0.4 is 0 Å². The molecule has 0 unspecified atom stereocenters. The van der Waals surface area contributed by atoms with Crippen molar-refractivity contribution >= 4 is 65.2 Å². The third-order valence-corrected chi connectivity index (χ3v) is 16.8. The average molecular weight is 977 g/mol. The first-order valence-electron chi connectivity index (χ1n) is 26.7. The summed E-state index contributed by atoms with van der Waals surface area (Å²) >= 11 is 0. The summed E-state index contributed by atoms with van der Waals surface area (Å²) in [7, 11) is 0.